The molecule has 3 rings (SSSR count). The van der Waals surface area contributed by atoms with Gasteiger partial charge in [0.15, 0.2) is 0 Å². The molecule has 0 saturated carbocycles. The number of methoxy groups -OCH3 is 1. The summed E-state index contributed by atoms with van der Waals surface area (Å²) in [4.78, 5) is 16.8. The second-order valence-corrected chi connectivity index (χ2v) is 6.06. The number of carbonyl (C=O) groups excluding carboxylic acids is 1. The molecule has 0 bridgehead atoms. The van der Waals surface area contributed by atoms with Gasteiger partial charge in [-0.15, -0.1) is 0 Å². The number of rotatable bonds is 4. The molecule has 2 aromatic carbocycles. The molecule has 1 aromatic heterocycles. The summed E-state index contributed by atoms with van der Waals surface area (Å²) < 4.78 is 5.25. The van der Waals surface area contributed by atoms with Crippen LogP contribution in [0.4, 0.5) is 5.69 Å². The zero-order valence-electron chi connectivity index (χ0n) is 13.9. The Morgan fingerprint density at radius 1 is 1.04 bits per heavy atom. The molecule has 0 atom stereocenters. The Morgan fingerprint density at radius 3 is 2.52 bits per heavy atom. The zero-order chi connectivity index (χ0) is 17.8. The molecule has 0 radical (unpaired) electrons. The summed E-state index contributed by atoms with van der Waals surface area (Å²) in [5.41, 5.74) is 4.04. The first-order valence-electron chi connectivity index (χ1n) is 7.74. The summed E-state index contributed by atoms with van der Waals surface area (Å²) in [6, 6.07) is 14.9. The fraction of sp³-hybridized carbons (Fsp3) is 0.100. The lowest BCUT2D eigenvalue weighted by Crippen LogP contribution is -2.13. The van der Waals surface area contributed by atoms with Gasteiger partial charge < -0.3 is 10.1 Å². The summed E-state index contributed by atoms with van der Waals surface area (Å²) in [5.74, 6) is 0.266. The second-order valence-electron chi connectivity index (χ2n) is 5.63. The molecule has 0 aliphatic carbocycles. The fourth-order valence-corrected chi connectivity index (χ4v) is 2.61. The SMILES string of the molecule is COc1ccc(Cl)cc1NC(=O)c1cncc(-c2ccc(C)cc2)c1. The molecule has 126 valence electrons. The highest BCUT2D eigenvalue weighted by Crippen LogP contribution is 2.28. The Balaban J connectivity index is 1.87. The van der Waals surface area contributed by atoms with Crippen LogP contribution < -0.4 is 10.1 Å². The van der Waals surface area contributed by atoms with E-state index in [4.69, 9.17) is 16.3 Å². The average Bonchev–Trinajstić information content (AvgIpc) is 2.62. The van der Waals surface area contributed by atoms with Gasteiger partial charge in [0.25, 0.3) is 5.91 Å². The molecule has 1 amide bonds. The number of halogens is 1. The van der Waals surface area contributed by atoms with Crippen molar-refractivity contribution in [2.24, 2.45) is 0 Å². The monoisotopic (exact) mass is 352 g/mol. The molecule has 0 aliphatic heterocycles. The van der Waals surface area contributed by atoms with Crippen molar-refractivity contribution >= 4 is 23.2 Å². The summed E-state index contributed by atoms with van der Waals surface area (Å²) in [5, 5.41) is 3.33. The van der Waals surface area contributed by atoms with Crippen molar-refractivity contribution in [2.45, 2.75) is 6.92 Å². The number of pyridine rings is 1. The van der Waals surface area contributed by atoms with Crippen LogP contribution >= 0.6 is 11.6 Å². The number of nitrogens with zero attached hydrogens (tertiary/aromatic N) is 1. The van der Waals surface area contributed by atoms with Crippen LogP contribution in [-0.2, 0) is 0 Å². The molecule has 1 heterocycles. The highest BCUT2D eigenvalue weighted by atomic mass is 35.5. The molecule has 0 aliphatic rings. The van der Waals surface area contributed by atoms with Crippen molar-refractivity contribution in [1.82, 2.24) is 4.98 Å². The van der Waals surface area contributed by atoms with E-state index in [0.717, 1.165) is 11.1 Å². The first kappa shape index (κ1) is 17.0. The van der Waals surface area contributed by atoms with Gasteiger partial charge in [-0.2, -0.15) is 0 Å². The molecular formula is C20H17ClN2O2. The van der Waals surface area contributed by atoms with Gasteiger partial charge in [0.2, 0.25) is 0 Å². The maximum atomic E-state index is 12.6. The van der Waals surface area contributed by atoms with Gasteiger partial charge in [0.1, 0.15) is 5.75 Å². The third kappa shape index (κ3) is 3.98. The highest BCUT2D eigenvalue weighted by molar-refractivity contribution is 6.31. The van der Waals surface area contributed by atoms with E-state index < -0.39 is 0 Å². The molecule has 0 saturated heterocycles. The third-order valence-electron chi connectivity index (χ3n) is 3.80. The summed E-state index contributed by atoms with van der Waals surface area (Å²) in [7, 11) is 1.54. The normalized spacial score (nSPS) is 10.4. The van der Waals surface area contributed by atoms with Crippen LogP contribution in [0.15, 0.2) is 60.9 Å². The number of amides is 1. The quantitative estimate of drug-likeness (QED) is 0.721. The van der Waals surface area contributed by atoms with E-state index in [1.54, 1.807) is 31.5 Å². The maximum Gasteiger partial charge on any atom is 0.257 e. The predicted molar refractivity (Wildman–Crippen MR) is 100 cm³/mol. The smallest absolute Gasteiger partial charge is 0.257 e. The molecule has 0 unspecified atom stereocenters. The van der Waals surface area contributed by atoms with E-state index in [0.29, 0.717) is 22.0 Å². The number of carbonyl (C=O) groups is 1. The van der Waals surface area contributed by atoms with Crippen LogP contribution in [0, 0.1) is 6.92 Å². The first-order valence-corrected chi connectivity index (χ1v) is 8.11. The largest absolute Gasteiger partial charge is 0.495 e. The van der Waals surface area contributed by atoms with Crippen LogP contribution in [0.3, 0.4) is 0 Å². The van der Waals surface area contributed by atoms with Gasteiger partial charge in [0, 0.05) is 23.0 Å². The minimum absolute atomic E-state index is 0.276. The topological polar surface area (TPSA) is 51.2 Å². The van der Waals surface area contributed by atoms with Crippen LogP contribution in [-0.4, -0.2) is 18.0 Å². The molecular weight excluding hydrogens is 336 g/mol. The summed E-state index contributed by atoms with van der Waals surface area (Å²) in [6.45, 7) is 2.03. The summed E-state index contributed by atoms with van der Waals surface area (Å²) in [6.07, 6.45) is 3.27. The first-order chi connectivity index (χ1) is 12.1. The van der Waals surface area contributed by atoms with Gasteiger partial charge in [-0.1, -0.05) is 41.4 Å². The number of aryl methyl sites for hydroxylation is 1. The molecule has 25 heavy (non-hydrogen) atoms. The highest BCUT2D eigenvalue weighted by Gasteiger charge is 2.12. The van der Waals surface area contributed by atoms with Crippen LogP contribution in [0.5, 0.6) is 5.75 Å². The number of nitrogens with one attached hydrogen (secondary N) is 1. The van der Waals surface area contributed by atoms with Crippen molar-refractivity contribution in [3.05, 3.63) is 77.1 Å². The van der Waals surface area contributed by atoms with Crippen molar-refractivity contribution in [1.29, 1.82) is 0 Å². The minimum Gasteiger partial charge on any atom is -0.495 e. The van der Waals surface area contributed by atoms with Gasteiger partial charge in [0.05, 0.1) is 18.4 Å². The second kappa shape index (κ2) is 7.36. The van der Waals surface area contributed by atoms with E-state index in [-0.39, 0.29) is 5.91 Å². The number of anilines is 1. The standard InChI is InChI=1S/C20H17ClN2O2/c1-13-3-5-14(6-4-13)15-9-16(12-22-11-15)20(24)23-18-10-17(21)7-8-19(18)25-2/h3-12H,1-2H3,(H,23,24). The van der Waals surface area contributed by atoms with Crippen molar-refractivity contribution in [3.8, 4) is 16.9 Å². The Labute approximate surface area is 151 Å². The Bertz CT molecular complexity index is 908. The summed E-state index contributed by atoms with van der Waals surface area (Å²) >= 11 is 6.00. The van der Waals surface area contributed by atoms with E-state index in [9.17, 15) is 4.79 Å². The molecule has 0 spiro atoms. The van der Waals surface area contributed by atoms with Crippen LogP contribution in [0.1, 0.15) is 15.9 Å². The number of hydrogen-bond acceptors (Lipinski definition) is 3. The average molecular weight is 353 g/mol. The van der Waals surface area contributed by atoms with Crippen molar-refractivity contribution in [3.63, 3.8) is 0 Å². The van der Waals surface area contributed by atoms with Gasteiger partial charge in [-0.05, 0) is 36.8 Å². The van der Waals surface area contributed by atoms with Gasteiger partial charge >= 0.3 is 0 Å². The molecule has 5 heteroatoms. The van der Waals surface area contributed by atoms with Gasteiger partial charge in [-0.25, -0.2) is 0 Å². The maximum absolute atomic E-state index is 12.6. The molecule has 4 nitrogen and oxygen atoms in total. The lowest BCUT2D eigenvalue weighted by atomic mass is 10.0. The number of aromatic nitrogens is 1. The van der Waals surface area contributed by atoms with E-state index >= 15 is 0 Å². The Kier molecular flexibility index (Phi) is 5.00. The minimum atomic E-state index is -0.276. The van der Waals surface area contributed by atoms with Gasteiger partial charge in [-0.3, -0.25) is 9.78 Å². The third-order valence-corrected chi connectivity index (χ3v) is 4.03. The predicted octanol–water partition coefficient (Wildman–Crippen LogP) is 4.97. The Hall–Kier alpha value is -2.85. The molecule has 1 N–H and O–H groups in total. The van der Waals surface area contributed by atoms with E-state index in [1.807, 2.05) is 37.3 Å². The van der Waals surface area contributed by atoms with E-state index in [1.165, 1.54) is 11.8 Å². The lowest BCUT2D eigenvalue weighted by molar-refractivity contribution is 0.102. The van der Waals surface area contributed by atoms with Crippen molar-refractivity contribution in [2.75, 3.05) is 12.4 Å². The number of benzene rings is 2. The Morgan fingerprint density at radius 2 is 1.80 bits per heavy atom. The molecule has 0 fully saturated rings. The van der Waals surface area contributed by atoms with Crippen LogP contribution in [0.2, 0.25) is 5.02 Å². The fourth-order valence-electron chi connectivity index (χ4n) is 2.44. The van der Waals surface area contributed by atoms with E-state index in [2.05, 4.69) is 10.3 Å². The van der Waals surface area contributed by atoms with Crippen LogP contribution in [0.25, 0.3) is 11.1 Å². The van der Waals surface area contributed by atoms with Crippen molar-refractivity contribution < 1.29 is 9.53 Å². The lowest BCUT2D eigenvalue weighted by Gasteiger charge is -2.11. The number of hydrogen-bond donors (Lipinski definition) is 1. The number of ether oxygens (including phenoxy) is 1. The zero-order valence-corrected chi connectivity index (χ0v) is 14.7. The molecule has 3 aromatic rings.